The molecule has 0 amide bonds. The maximum Gasteiger partial charge on any atom is 0.330 e. The summed E-state index contributed by atoms with van der Waals surface area (Å²) in [6.07, 6.45) is 0. The molecule has 0 aliphatic heterocycles. The summed E-state index contributed by atoms with van der Waals surface area (Å²) in [5, 5.41) is 3.24. The van der Waals surface area contributed by atoms with E-state index in [4.69, 9.17) is 4.74 Å². The van der Waals surface area contributed by atoms with Crippen LogP contribution in [-0.4, -0.2) is 19.1 Å². The Morgan fingerprint density at radius 1 is 1.05 bits per heavy atom. The summed E-state index contributed by atoms with van der Waals surface area (Å²) < 4.78 is 5.21. The van der Waals surface area contributed by atoms with E-state index in [-0.39, 0.29) is 11.4 Å². The van der Waals surface area contributed by atoms with E-state index in [1.54, 1.807) is 0 Å². The van der Waals surface area contributed by atoms with Crippen LogP contribution in [0.2, 0.25) is 0 Å². The molecule has 1 unspecified atom stereocenters. The molecule has 1 rings (SSSR count). The molecule has 0 aliphatic rings. The summed E-state index contributed by atoms with van der Waals surface area (Å²) in [5.41, 5.74) is 1.51. The minimum absolute atomic E-state index is 0.108. The van der Waals surface area contributed by atoms with Crippen molar-refractivity contribution >= 4 is 5.97 Å². The van der Waals surface area contributed by atoms with Crippen LogP contribution in [0.5, 0.6) is 0 Å². The van der Waals surface area contributed by atoms with Crippen molar-refractivity contribution in [2.24, 2.45) is 0 Å². The first-order chi connectivity index (χ1) is 9.25. The van der Waals surface area contributed by atoms with Crippen molar-refractivity contribution in [3.05, 3.63) is 35.4 Å². The number of rotatable bonds is 5. The highest BCUT2D eigenvalue weighted by Crippen LogP contribution is 2.27. The van der Waals surface area contributed by atoms with Crippen LogP contribution in [0.1, 0.15) is 52.7 Å². The van der Waals surface area contributed by atoms with Gasteiger partial charge in [0, 0.05) is 0 Å². The topological polar surface area (TPSA) is 38.3 Å². The highest BCUT2D eigenvalue weighted by Gasteiger charge is 2.35. The third kappa shape index (κ3) is 3.60. The molecule has 0 aliphatic carbocycles. The Bertz CT molecular complexity index is 445. The third-order valence-corrected chi connectivity index (χ3v) is 3.54. The van der Waals surface area contributed by atoms with Crippen LogP contribution in [0.3, 0.4) is 0 Å². The van der Waals surface area contributed by atoms with Crippen LogP contribution in [0, 0.1) is 0 Å². The molecular weight excluding hydrogens is 250 g/mol. The van der Waals surface area contributed by atoms with E-state index in [2.05, 4.69) is 38.2 Å². The number of carbonyl (C=O) groups excluding carboxylic acids is 1. The molecule has 0 saturated carbocycles. The summed E-state index contributed by atoms with van der Waals surface area (Å²) in [7, 11) is 0. The number of esters is 1. The number of nitrogens with one attached hydrogen (secondary N) is 1. The second-order valence-corrected chi connectivity index (χ2v) is 6.20. The van der Waals surface area contributed by atoms with E-state index in [1.165, 1.54) is 5.56 Å². The average molecular weight is 277 g/mol. The first kappa shape index (κ1) is 16.7. The van der Waals surface area contributed by atoms with Crippen molar-refractivity contribution < 1.29 is 9.53 Å². The van der Waals surface area contributed by atoms with E-state index >= 15 is 0 Å². The minimum Gasteiger partial charge on any atom is -0.464 e. The van der Waals surface area contributed by atoms with Gasteiger partial charge >= 0.3 is 5.97 Å². The fourth-order valence-corrected chi connectivity index (χ4v) is 2.22. The van der Waals surface area contributed by atoms with Gasteiger partial charge in [-0.05, 0) is 36.9 Å². The highest BCUT2D eigenvalue weighted by molar-refractivity contribution is 5.82. The molecule has 1 aromatic rings. The van der Waals surface area contributed by atoms with Crippen LogP contribution in [0.15, 0.2) is 24.3 Å². The lowest BCUT2D eigenvalue weighted by atomic mass is 9.84. The molecule has 20 heavy (non-hydrogen) atoms. The average Bonchev–Trinajstić information content (AvgIpc) is 2.38. The first-order valence-electron chi connectivity index (χ1n) is 7.29. The summed E-state index contributed by atoms with van der Waals surface area (Å²) in [6, 6.07) is 8.20. The summed E-state index contributed by atoms with van der Waals surface area (Å²) in [6.45, 7) is 13.3. The van der Waals surface area contributed by atoms with Gasteiger partial charge in [0.25, 0.3) is 0 Å². The monoisotopic (exact) mass is 277 g/mol. The van der Waals surface area contributed by atoms with Crippen molar-refractivity contribution in [1.82, 2.24) is 5.32 Å². The van der Waals surface area contributed by atoms with E-state index in [0.717, 1.165) is 5.56 Å². The Morgan fingerprint density at radius 3 is 1.95 bits per heavy atom. The zero-order valence-electron chi connectivity index (χ0n) is 13.5. The summed E-state index contributed by atoms with van der Waals surface area (Å²) in [4.78, 5) is 12.3. The van der Waals surface area contributed by atoms with E-state index < -0.39 is 5.54 Å². The van der Waals surface area contributed by atoms with Gasteiger partial charge in [0.15, 0.2) is 0 Å². The molecule has 112 valence electrons. The van der Waals surface area contributed by atoms with Crippen molar-refractivity contribution in [3.63, 3.8) is 0 Å². The Hall–Kier alpha value is -1.35. The zero-order valence-corrected chi connectivity index (χ0v) is 13.5. The SMILES string of the molecule is CCNC(C)(C(=O)OCC)c1ccc(C(C)(C)C)cc1. The lowest BCUT2D eigenvalue weighted by Crippen LogP contribution is -2.47. The fourth-order valence-electron chi connectivity index (χ4n) is 2.22. The number of hydrogen-bond donors (Lipinski definition) is 1. The molecule has 0 heterocycles. The van der Waals surface area contributed by atoms with E-state index in [1.807, 2.05) is 32.9 Å². The maximum atomic E-state index is 12.3. The summed E-state index contributed by atoms with van der Waals surface area (Å²) in [5.74, 6) is -0.231. The molecule has 1 aromatic carbocycles. The van der Waals surface area contributed by atoms with Gasteiger partial charge in [-0.3, -0.25) is 5.32 Å². The smallest absolute Gasteiger partial charge is 0.330 e. The predicted molar refractivity (Wildman–Crippen MR) is 82.8 cm³/mol. The molecule has 0 fully saturated rings. The van der Waals surface area contributed by atoms with Gasteiger partial charge in [-0.2, -0.15) is 0 Å². The van der Waals surface area contributed by atoms with Gasteiger partial charge in [-0.25, -0.2) is 4.79 Å². The molecule has 3 nitrogen and oxygen atoms in total. The Kier molecular flexibility index (Phi) is 5.35. The normalized spacial score (nSPS) is 14.7. The quantitative estimate of drug-likeness (QED) is 0.839. The molecule has 0 saturated heterocycles. The van der Waals surface area contributed by atoms with E-state index in [9.17, 15) is 4.79 Å². The molecule has 0 bridgehead atoms. The van der Waals surface area contributed by atoms with Crippen LogP contribution >= 0.6 is 0 Å². The fraction of sp³-hybridized carbons (Fsp3) is 0.588. The minimum atomic E-state index is -0.791. The predicted octanol–water partition coefficient (Wildman–Crippen LogP) is 3.37. The molecule has 1 N–H and O–H groups in total. The zero-order chi connectivity index (χ0) is 15.4. The van der Waals surface area contributed by atoms with Crippen LogP contribution < -0.4 is 5.32 Å². The second kappa shape index (κ2) is 6.40. The Morgan fingerprint density at radius 2 is 1.55 bits per heavy atom. The number of hydrogen-bond acceptors (Lipinski definition) is 3. The number of benzene rings is 1. The second-order valence-electron chi connectivity index (χ2n) is 6.20. The van der Waals surface area contributed by atoms with Crippen molar-refractivity contribution in [2.45, 2.75) is 52.5 Å². The first-order valence-corrected chi connectivity index (χ1v) is 7.29. The molecule has 3 heteroatoms. The van der Waals surface area contributed by atoms with Crippen LogP contribution in [0.25, 0.3) is 0 Å². The van der Waals surface area contributed by atoms with Crippen LogP contribution in [-0.2, 0) is 20.5 Å². The summed E-state index contributed by atoms with van der Waals surface area (Å²) >= 11 is 0. The lowest BCUT2D eigenvalue weighted by Gasteiger charge is -2.29. The van der Waals surface area contributed by atoms with Gasteiger partial charge < -0.3 is 4.74 Å². The standard InChI is InChI=1S/C17H27NO2/c1-7-18-17(6,15(19)20-8-2)14-11-9-13(10-12-14)16(3,4)5/h9-12,18H,7-8H2,1-6H3. The number of likely N-dealkylation sites (N-methyl/N-ethyl adjacent to an activating group) is 1. The van der Waals surface area contributed by atoms with Gasteiger partial charge in [-0.1, -0.05) is 52.0 Å². The molecular formula is C17H27NO2. The van der Waals surface area contributed by atoms with Crippen molar-refractivity contribution in [2.75, 3.05) is 13.2 Å². The number of carbonyl (C=O) groups is 1. The van der Waals surface area contributed by atoms with Gasteiger partial charge in [0.2, 0.25) is 0 Å². The highest BCUT2D eigenvalue weighted by atomic mass is 16.5. The molecule has 0 spiro atoms. The van der Waals surface area contributed by atoms with E-state index in [0.29, 0.717) is 13.2 Å². The van der Waals surface area contributed by atoms with Crippen molar-refractivity contribution in [3.8, 4) is 0 Å². The Labute approximate surface area is 122 Å². The lowest BCUT2D eigenvalue weighted by molar-refractivity contribution is -0.151. The largest absolute Gasteiger partial charge is 0.464 e. The number of ether oxygens (including phenoxy) is 1. The van der Waals surface area contributed by atoms with Gasteiger partial charge in [0.05, 0.1) is 6.61 Å². The van der Waals surface area contributed by atoms with Gasteiger partial charge in [-0.15, -0.1) is 0 Å². The third-order valence-electron chi connectivity index (χ3n) is 3.54. The van der Waals surface area contributed by atoms with Gasteiger partial charge in [0.1, 0.15) is 5.54 Å². The molecule has 1 atom stereocenters. The van der Waals surface area contributed by atoms with Crippen LogP contribution in [0.4, 0.5) is 0 Å². The van der Waals surface area contributed by atoms with Crippen molar-refractivity contribution in [1.29, 1.82) is 0 Å². The maximum absolute atomic E-state index is 12.3. The Balaban J connectivity index is 3.13. The molecule has 0 aromatic heterocycles. The molecule has 0 radical (unpaired) electrons.